The van der Waals surface area contributed by atoms with Gasteiger partial charge in [-0.15, -0.1) is 0 Å². The summed E-state index contributed by atoms with van der Waals surface area (Å²) in [6.07, 6.45) is 1.23. The minimum atomic E-state index is -0.578. The van der Waals surface area contributed by atoms with E-state index in [0.29, 0.717) is 0 Å². The van der Waals surface area contributed by atoms with Crippen molar-refractivity contribution >= 4 is 17.7 Å². The molecule has 0 spiro atoms. The second-order valence-electron chi connectivity index (χ2n) is 6.04. The number of nitrogens with zero attached hydrogens (tertiary/aromatic N) is 2. The van der Waals surface area contributed by atoms with Gasteiger partial charge in [-0.25, -0.2) is 14.6 Å². The zero-order chi connectivity index (χ0) is 18.6. The molecule has 2 rings (SSSR count). The van der Waals surface area contributed by atoms with Crippen LogP contribution in [0.15, 0.2) is 28.9 Å². The maximum atomic E-state index is 12.7. The average Bonchev–Trinajstić information content (AvgIpc) is 3.03. The van der Waals surface area contributed by atoms with Crippen LogP contribution in [0.5, 0.6) is 0 Å². The van der Waals surface area contributed by atoms with Gasteiger partial charge in [0.1, 0.15) is 6.26 Å². The van der Waals surface area contributed by atoms with Gasteiger partial charge in [0.25, 0.3) is 0 Å². The topological polar surface area (TPSA) is 84.7 Å². The Bertz CT molecular complexity index is 747. The van der Waals surface area contributed by atoms with Crippen LogP contribution in [0.2, 0.25) is 0 Å². The standard InChI is InChI=1S/C18H23N3O4/c1-11(2)21(9-15-19-14(10-25-15)17(22)24-5)18(23)20-16-12(3)7-6-8-13(16)4/h6-8,10-11H,9H2,1-5H3,(H,20,23). The first kappa shape index (κ1) is 18.5. The molecule has 1 aromatic heterocycles. The van der Waals surface area contributed by atoms with E-state index in [1.807, 2.05) is 45.9 Å². The van der Waals surface area contributed by atoms with Gasteiger partial charge >= 0.3 is 12.0 Å². The Balaban J connectivity index is 2.16. The number of aryl methyl sites for hydroxylation is 2. The van der Waals surface area contributed by atoms with E-state index in [4.69, 9.17) is 4.42 Å². The number of ether oxygens (including phenoxy) is 1. The van der Waals surface area contributed by atoms with Gasteiger partial charge in [-0.3, -0.25) is 0 Å². The highest BCUT2D eigenvalue weighted by Gasteiger charge is 2.22. The Hall–Kier alpha value is -2.83. The zero-order valence-corrected chi connectivity index (χ0v) is 15.1. The van der Waals surface area contributed by atoms with Crippen molar-refractivity contribution in [2.24, 2.45) is 0 Å². The van der Waals surface area contributed by atoms with Gasteiger partial charge in [0.15, 0.2) is 5.69 Å². The van der Waals surface area contributed by atoms with Crippen molar-refractivity contribution in [3.8, 4) is 0 Å². The molecule has 2 amide bonds. The van der Waals surface area contributed by atoms with Crippen LogP contribution in [0, 0.1) is 13.8 Å². The first-order valence-electron chi connectivity index (χ1n) is 8.00. The van der Waals surface area contributed by atoms with Crippen LogP contribution in [0.3, 0.4) is 0 Å². The maximum Gasteiger partial charge on any atom is 0.360 e. The van der Waals surface area contributed by atoms with Crippen LogP contribution in [0.25, 0.3) is 0 Å². The summed E-state index contributed by atoms with van der Waals surface area (Å²) in [6, 6.07) is 5.49. The molecule has 134 valence electrons. The molecule has 0 fully saturated rings. The Morgan fingerprint density at radius 1 is 1.28 bits per heavy atom. The highest BCUT2D eigenvalue weighted by Crippen LogP contribution is 2.21. The number of rotatable bonds is 5. The SMILES string of the molecule is COC(=O)c1coc(CN(C(=O)Nc2c(C)cccc2C)C(C)C)n1. The molecule has 0 bridgehead atoms. The Labute approximate surface area is 147 Å². The summed E-state index contributed by atoms with van der Waals surface area (Å²) in [7, 11) is 1.27. The number of esters is 1. The molecule has 0 saturated heterocycles. The maximum absolute atomic E-state index is 12.7. The lowest BCUT2D eigenvalue weighted by Gasteiger charge is -2.26. The van der Waals surface area contributed by atoms with E-state index in [1.54, 1.807) is 4.90 Å². The smallest absolute Gasteiger partial charge is 0.360 e. The number of urea groups is 1. The van der Waals surface area contributed by atoms with Gasteiger partial charge in [0.2, 0.25) is 5.89 Å². The molecule has 0 unspecified atom stereocenters. The van der Waals surface area contributed by atoms with Gasteiger partial charge in [-0.2, -0.15) is 0 Å². The number of hydrogen-bond donors (Lipinski definition) is 1. The van der Waals surface area contributed by atoms with E-state index < -0.39 is 5.97 Å². The normalized spacial score (nSPS) is 10.6. The second-order valence-corrected chi connectivity index (χ2v) is 6.04. The molecule has 0 atom stereocenters. The lowest BCUT2D eigenvalue weighted by molar-refractivity contribution is 0.0594. The van der Waals surface area contributed by atoms with Gasteiger partial charge in [-0.1, -0.05) is 18.2 Å². The highest BCUT2D eigenvalue weighted by atomic mass is 16.5. The summed E-state index contributed by atoms with van der Waals surface area (Å²) in [4.78, 5) is 29.8. The molecular formula is C18H23N3O4. The number of carbonyl (C=O) groups excluding carboxylic acids is 2. The van der Waals surface area contributed by atoms with Gasteiger partial charge in [-0.05, 0) is 38.8 Å². The molecule has 1 aromatic carbocycles. The number of aromatic nitrogens is 1. The predicted octanol–water partition coefficient (Wildman–Crippen LogP) is 3.52. The number of benzene rings is 1. The first-order valence-corrected chi connectivity index (χ1v) is 8.00. The molecule has 0 aliphatic carbocycles. The fourth-order valence-electron chi connectivity index (χ4n) is 2.41. The van der Waals surface area contributed by atoms with Crippen molar-refractivity contribution in [3.63, 3.8) is 0 Å². The minimum absolute atomic E-state index is 0.0800. The van der Waals surface area contributed by atoms with Crippen molar-refractivity contribution < 1.29 is 18.7 Å². The fraction of sp³-hybridized carbons (Fsp3) is 0.389. The molecule has 1 N–H and O–H groups in total. The van der Waals surface area contributed by atoms with Crippen LogP contribution >= 0.6 is 0 Å². The van der Waals surface area contributed by atoms with Crippen LogP contribution in [0.1, 0.15) is 41.4 Å². The summed E-state index contributed by atoms with van der Waals surface area (Å²) < 4.78 is 9.88. The Morgan fingerprint density at radius 2 is 1.92 bits per heavy atom. The van der Waals surface area contributed by atoms with Gasteiger partial charge in [0.05, 0.1) is 13.7 Å². The number of anilines is 1. The van der Waals surface area contributed by atoms with E-state index in [-0.39, 0.29) is 30.2 Å². The van der Waals surface area contributed by atoms with Crippen molar-refractivity contribution in [1.29, 1.82) is 0 Å². The van der Waals surface area contributed by atoms with Gasteiger partial charge < -0.3 is 19.4 Å². The second kappa shape index (κ2) is 7.83. The molecular weight excluding hydrogens is 322 g/mol. The third-order valence-electron chi connectivity index (χ3n) is 3.85. The summed E-state index contributed by atoms with van der Waals surface area (Å²) in [5.41, 5.74) is 2.85. The zero-order valence-electron chi connectivity index (χ0n) is 15.1. The summed E-state index contributed by atoms with van der Waals surface area (Å²) in [5, 5.41) is 2.95. The molecule has 7 heteroatoms. The molecule has 0 saturated carbocycles. The summed E-state index contributed by atoms with van der Waals surface area (Å²) in [6.45, 7) is 7.83. The summed E-state index contributed by atoms with van der Waals surface area (Å²) in [5.74, 6) is -0.308. The lowest BCUT2D eigenvalue weighted by atomic mass is 10.1. The molecule has 1 heterocycles. The van der Waals surface area contributed by atoms with Crippen molar-refractivity contribution in [2.45, 2.75) is 40.3 Å². The third kappa shape index (κ3) is 4.37. The Kier molecular flexibility index (Phi) is 5.80. The van der Waals surface area contributed by atoms with Crippen molar-refractivity contribution in [2.75, 3.05) is 12.4 Å². The molecule has 7 nitrogen and oxygen atoms in total. The minimum Gasteiger partial charge on any atom is -0.464 e. The van der Waals surface area contributed by atoms with Crippen LogP contribution < -0.4 is 5.32 Å². The number of para-hydroxylation sites is 1. The fourth-order valence-corrected chi connectivity index (χ4v) is 2.41. The monoisotopic (exact) mass is 345 g/mol. The Morgan fingerprint density at radius 3 is 2.48 bits per heavy atom. The average molecular weight is 345 g/mol. The van der Waals surface area contributed by atoms with E-state index in [1.165, 1.54) is 13.4 Å². The number of methoxy groups -OCH3 is 1. The number of amides is 2. The molecule has 0 radical (unpaired) electrons. The predicted molar refractivity (Wildman–Crippen MR) is 93.5 cm³/mol. The van der Waals surface area contributed by atoms with Gasteiger partial charge in [0, 0.05) is 11.7 Å². The van der Waals surface area contributed by atoms with Crippen LogP contribution in [-0.4, -0.2) is 35.0 Å². The lowest BCUT2D eigenvalue weighted by Crippen LogP contribution is -2.39. The van der Waals surface area contributed by atoms with Crippen molar-refractivity contribution in [3.05, 3.63) is 47.2 Å². The van der Waals surface area contributed by atoms with Crippen LogP contribution in [0.4, 0.5) is 10.5 Å². The molecule has 25 heavy (non-hydrogen) atoms. The molecule has 0 aliphatic rings. The molecule has 2 aromatic rings. The number of nitrogens with one attached hydrogen (secondary N) is 1. The summed E-state index contributed by atoms with van der Waals surface area (Å²) >= 11 is 0. The van der Waals surface area contributed by atoms with E-state index in [0.717, 1.165) is 16.8 Å². The van der Waals surface area contributed by atoms with Crippen molar-refractivity contribution in [1.82, 2.24) is 9.88 Å². The third-order valence-corrected chi connectivity index (χ3v) is 3.85. The van der Waals surface area contributed by atoms with E-state index >= 15 is 0 Å². The highest BCUT2D eigenvalue weighted by molar-refractivity contribution is 5.91. The quantitative estimate of drug-likeness (QED) is 0.838. The van der Waals surface area contributed by atoms with E-state index in [2.05, 4.69) is 15.0 Å². The number of hydrogen-bond acceptors (Lipinski definition) is 5. The largest absolute Gasteiger partial charge is 0.464 e. The first-order chi connectivity index (χ1) is 11.8. The van der Waals surface area contributed by atoms with E-state index in [9.17, 15) is 9.59 Å². The molecule has 0 aliphatic heterocycles. The number of carbonyl (C=O) groups is 2. The number of oxazole rings is 1. The van der Waals surface area contributed by atoms with Crippen LogP contribution in [-0.2, 0) is 11.3 Å².